The number of aromatic nitrogens is 2. The summed E-state index contributed by atoms with van der Waals surface area (Å²) in [5, 5.41) is 5.97. The van der Waals surface area contributed by atoms with Crippen LogP contribution in [0.15, 0.2) is 97.1 Å². The van der Waals surface area contributed by atoms with Crippen molar-refractivity contribution >= 4 is 22.8 Å². The van der Waals surface area contributed by atoms with Gasteiger partial charge in [-0.3, -0.25) is 9.48 Å². The molecule has 4 aromatic carbocycles. The van der Waals surface area contributed by atoms with Crippen LogP contribution in [0.4, 0.5) is 0 Å². The topological polar surface area (TPSA) is 69.0 Å². The van der Waals surface area contributed by atoms with Crippen molar-refractivity contribution in [3.8, 4) is 11.1 Å². The number of hydrogen-bond acceptors (Lipinski definition) is 4. The van der Waals surface area contributed by atoms with Crippen molar-refractivity contribution in [3.63, 3.8) is 0 Å². The number of carbonyl (C=O) groups is 1. The third-order valence-corrected chi connectivity index (χ3v) is 8.88. The summed E-state index contributed by atoms with van der Waals surface area (Å²) in [6, 6.07) is 34.3. The molecule has 1 fully saturated rings. The highest BCUT2D eigenvalue weighted by molar-refractivity contribution is 6.00. The first-order valence-corrected chi connectivity index (χ1v) is 15.1. The number of benzene rings is 4. The van der Waals surface area contributed by atoms with Crippen LogP contribution in [-0.2, 0) is 21.5 Å². The smallest absolute Gasteiger partial charge is 0.294 e. The summed E-state index contributed by atoms with van der Waals surface area (Å²) < 4.78 is 2.05. The third kappa shape index (κ3) is 6.58. The predicted octanol–water partition coefficient (Wildman–Crippen LogP) is 8.68. The minimum atomic E-state index is -0.0619. The van der Waals surface area contributed by atoms with Crippen LogP contribution in [0.2, 0.25) is 0 Å². The first-order chi connectivity index (χ1) is 20.8. The zero-order valence-electron chi connectivity index (χ0n) is 25.2. The number of ketones is 1. The maximum absolute atomic E-state index is 13.9. The van der Waals surface area contributed by atoms with Gasteiger partial charge in [0.2, 0.25) is 0 Å². The van der Waals surface area contributed by atoms with Crippen LogP contribution >= 0.6 is 0 Å². The lowest BCUT2D eigenvalue weighted by Crippen LogP contribution is -2.26. The first kappa shape index (κ1) is 29.9. The van der Waals surface area contributed by atoms with Gasteiger partial charge in [-0.2, -0.15) is 14.7 Å². The Morgan fingerprint density at radius 1 is 0.860 bits per heavy atom. The molecule has 0 aliphatic heterocycles. The number of aryl methyl sites for hydroxylation is 1. The molecule has 1 saturated carbocycles. The molecule has 5 nitrogen and oxygen atoms in total. The molecule has 6 rings (SSSR count). The molecule has 0 spiro atoms. The van der Waals surface area contributed by atoms with Gasteiger partial charge in [0.25, 0.3) is 0 Å². The van der Waals surface area contributed by atoms with E-state index >= 15 is 0 Å². The molecular weight excluding hydrogens is 532 g/mol. The average Bonchev–Trinajstić information content (AvgIpc) is 3.63. The Morgan fingerprint density at radius 3 is 2.21 bits per heavy atom. The molecule has 1 heterocycles. The van der Waals surface area contributed by atoms with Crippen molar-refractivity contribution in [2.24, 2.45) is 0 Å². The number of carbonyl (C=O) groups excluding carboxylic acids is 3. The molecule has 43 heavy (non-hydrogen) atoms. The van der Waals surface area contributed by atoms with Gasteiger partial charge in [-0.05, 0) is 59.6 Å². The van der Waals surface area contributed by atoms with Gasteiger partial charge in [-0.15, -0.1) is 0 Å². The predicted molar refractivity (Wildman–Crippen MR) is 170 cm³/mol. The molecule has 5 heteroatoms. The monoisotopic (exact) mass is 570 g/mol. The Morgan fingerprint density at radius 2 is 1.53 bits per heavy atom. The van der Waals surface area contributed by atoms with Gasteiger partial charge < -0.3 is 0 Å². The Kier molecular flexibility index (Phi) is 9.13. The molecule has 0 unspecified atom stereocenters. The molecule has 0 atom stereocenters. The quantitative estimate of drug-likeness (QED) is 0.175. The lowest BCUT2D eigenvalue weighted by molar-refractivity contribution is -0.191. The molecule has 0 saturated heterocycles. The van der Waals surface area contributed by atoms with E-state index < -0.39 is 0 Å². The van der Waals surface area contributed by atoms with Gasteiger partial charge in [0.05, 0.1) is 17.8 Å². The lowest BCUT2D eigenvalue weighted by atomic mass is 9.73. The second-order valence-electron chi connectivity index (χ2n) is 12.0. The lowest BCUT2D eigenvalue weighted by Gasteiger charge is -2.30. The van der Waals surface area contributed by atoms with E-state index in [0.717, 1.165) is 35.0 Å². The van der Waals surface area contributed by atoms with Gasteiger partial charge in [0.15, 0.2) is 5.78 Å². The summed E-state index contributed by atoms with van der Waals surface area (Å²) in [5.74, 6) is 0.714. The highest BCUT2D eigenvalue weighted by Gasteiger charge is 2.38. The zero-order chi connectivity index (χ0) is 30.4. The maximum atomic E-state index is 13.9. The zero-order valence-corrected chi connectivity index (χ0v) is 25.2. The molecule has 5 aromatic rings. The average molecular weight is 571 g/mol. The fourth-order valence-electron chi connectivity index (χ4n) is 6.50. The van der Waals surface area contributed by atoms with E-state index in [-0.39, 0.29) is 17.3 Å². The van der Waals surface area contributed by atoms with Gasteiger partial charge in [0.1, 0.15) is 0 Å². The highest BCUT2D eigenvalue weighted by atomic mass is 16.2. The molecule has 0 radical (unpaired) electrons. The number of fused-ring (bicyclic) bond motifs is 1. The van der Waals surface area contributed by atoms with Crippen molar-refractivity contribution < 1.29 is 14.4 Å². The van der Waals surface area contributed by atoms with E-state index in [1.165, 1.54) is 40.7 Å². The van der Waals surface area contributed by atoms with Crippen molar-refractivity contribution in [3.05, 3.63) is 125 Å². The van der Waals surface area contributed by atoms with E-state index in [9.17, 15) is 4.79 Å². The molecular formula is C38H38N2O3. The van der Waals surface area contributed by atoms with Crippen LogP contribution < -0.4 is 0 Å². The largest absolute Gasteiger partial charge is 0.373 e. The van der Waals surface area contributed by atoms with E-state index in [4.69, 9.17) is 14.7 Å². The second kappa shape index (κ2) is 13.1. The van der Waals surface area contributed by atoms with E-state index in [1.807, 2.05) is 19.1 Å². The summed E-state index contributed by atoms with van der Waals surface area (Å²) in [4.78, 5) is 30.1. The Balaban J connectivity index is 0.00000118. The maximum Gasteiger partial charge on any atom is 0.373 e. The second-order valence-corrected chi connectivity index (χ2v) is 12.0. The van der Waals surface area contributed by atoms with E-state index in [1.54, 1.807) is 0 Å². The summed E-state index contributed by atoms with van der Waals surface area (Å²) in [7, 11) is 0. The van der Waals surface area contributed by atoms with Crippen LogP contribution in [0.1, 0.15) is 84.6 Å². The molecule has 0 amide bonds. The van der Waals surface area contributed by atoms with Gasteiger partial charge in [-0.25, -0.2) is 0 Å². The third-order valence-electron chi connectivity index (χ3n) is 8.88. The SMILES string of the molecule is Cc1nn(Cc2ccc(-c3ccccc3)cc2)c2cc(C(=O)CC3(c4cccc(C(C)C)c4)CCCC3)ccc12.O=C=O. The van der Waals surface area contributed by atoms with Crippen molar-refractivity contribution in [1.29, 1.82) is 0 Å². The number of Topliss-reactive ketones (excluding diaryl/α,β-unsaturated/α-hetero) is 1. The number of hydrogen-bond donors (Lipinski definition) is 0. The standard InChI is InChI=1S/C37H38N2O.CO2/c1-26(2)31-12-9-13-33(22-31)37(20-7-8-21-37)24-36(40)32-18-19-34-27(3)38-39(35(34)23-32)25-28-14-16-30(17-15-28)29-10-5-4-6-11-29;2-1-3/h4-6,9-19,22-23,26H,7-8,20-21,24-25H2,1-3H3;. The minimum absolute atomic E-state index is 0.0619. The van der Waals surface area contributed by atoms with E-state index in [2.05, 4.69) is 103 Å². The van der Waals surface area contributed by atoms with Crippen molar-refractivity contribution in [1.82, 2.24) is 9.78 Å². The van der Waals surface area contributed by atoms with E-state index in [0.29, 0.717) is 18.9 Å². The highest BCUT2D eigenvalue weighted by Crippen LogP contribution is 2.45. The summed E-state index contributed by atoms with van der Waals surface area (Å²) >= 11 is 0. The van der Waals surface area contributed by atoms with Crippen LogP contribution in [0.5, 0.6) is 0 Å². The normalized spacial score (nSPS) is 13.9. The van der Waals surface area contributed by atoms with Crippen LogP contribution in [0, 0.1) is 6.92 Å². The summed E-state index contributed by atoms with van der Waals surface area (Å²) in [6.07, 6.45) is 5.35. The fraction of sp³-hybridized carbons (Fsp3) is 0.289. The Bertz CT molecular complexity index is 1740. The molecule has 0 N–H and O–H groups in total. The molecule has 1 aliphatic carbocycles. The molecule has 1 aromatic heterocycles. The Labute approximate surface area is 253 Å². The Hall–Kier alpha value is -4.60. The minimum Gasteiger partial charge on any atom is -0.294 e. The van der Waals surface area contributed by atoms with Crippen molar-refractivity contribution in [2.75, 3.05) is 0 Å². The van der Waals surface area contributed by atoms with Crippen LogP contribution in [0.3, 0.4) is 0 Å². The fourth-order valence-corrected chi connectivity index (χ4v) is 6.50. The van der Waals surface area contributed by atoms with Crippen molar-refractivity contribution in [2.45, 2.75) is 70.8 Å². The number of nitrogens with zero attached hydrogens (tertiary/aromatic N) is 2. The van der Waals surface area contributed by atoms with Gasteiger partial charge >= 0.3 is 6.15 Å². The van der Waals surface area contributed by atoms with Gasteiger partial charge in [-0.1, -0.05) is 118 Å². The van der Waals surface area contributed by atoms with Crippen LogP contribution in [-0.4, -0.2) is 21.7 Å². The first-order valence-electron chi connectivity index (χ1n) is 15.1. The summed E-state index contributed by atoms with van der Waals surface area (Å²) in [5.41, 5.74) is 9.06. The molecule has 1 aliphatic rings. The molecule has 0 bridgehead atoms. The van der Waals surface area contributed by atoms with Gasteiger partial charge in [0, 0.05) is 22.8 Å². The number of rotatable bonds is 8. The molecule has 218 valence electrons. The van der Waals surface area contributed by atoms with Crippen LogP contribution in [0.25, 0.3) is 22.0 Å². The summed E-state index contributed by atoms with van der Waals surface area (Å²) in [6.45, 7) is 7.20.